The Bertz CT molecular complexity index is 975. The fourth-order valence-electron chi connectivity index (χ4n) is 3.82. The second-order valence-electron chi connectivity index (χ2n) is 8.59. The number of rotatable bonds is 12. The molecule has 1 heterocycles. The Morgan fingerprint density at radius 1 is 1.03 bits per heavy atom. The SMILES string of the molecule is CCCCCCCOc1ccc(C(=O)NC(=S)Nc2ccccc2C(=O)NCC2CCCO2)cc1. The van der Waals surface area contributed by atoms with Crippen LogP contribution in [-0.4, -0.2) is 42.8 Å². The monoisotopic (exact) mass is 497 g/mol. The first kappa shape index (κ1) is 26.6. The van der Waals surface area contributed by atoms with E-state index in [4.69, 9.17) is 21.7 Å². The summed E-state index contributed by atoms with van der Waals surface area (Å²) < 4.78 is 11.3. The lowest BCUT2D eigenvalue weighted by atomic mass is 10.1. The van der Waals surface area contributed by atoms with E-state index in [9.17, 15) is 9.59 Å². The first-order valence-electron chi connectivity index (χ1n) is 12.4. The van der Waals surface area contributed by atoms with Gasteiger partial charge < -0.3 is 20.1 Å². The van der Waals surface area contributed by atoms with Crippen molar-refractivity contribution < 1.29 is 19.1 Å². The van der Waals surface area contributed by atoms with Crippen molar-refractivity contribution in [3.05, 3.63) is 59.7 Å². The van der Waals surface area contributed by atoms with Crippen molar-refractivity contribution in [3.63, 3.8) is 0 Å². The van der Waals surface area contributed by atoms with Crippen LogP contribution in [0.2, 0.25) is 0 Å². The molecule has 0 radical (unpaired) electrons. The molecular formula is C27H35N3O4S. The molecule has 188 valence electrons. The van der Waals surface area contributed by atoms with Crippen molar-refractivity contribution in [1.29, 1.82) is 0 Å². The Kier molecular flexibility index (Phi) is 11.0. The maximum absolute atomic E-state index is 12.7. The zero-order valence-electron chi connectivity index (χ0n) is 20.3. The Labute approximate surface area is 213 Å². The van der Waals surface area contributed by atoms with E-state index in [-0.39, 0.29) is 23.0 Å². The minimum Gasteiger partial charge on any atom is -0.494 e. The highest BCUT2D eigenvalue weighted by molar-refractivity contribution is 7.80. The van der Waals surface area contributed by atoms with Crippen LogP contribution < -0.4 is 20.7 Å². The fourth-order valence-corrected chi connectivity index (χ4v) is 4.03. The largest absolute Gasteiger partial charge is 0.494 e. The van der Waals surface area contributed by atoms with Gasteiger partial charge in [0.1, 0.15) is 5.75 Å². The highest BCUT2D eigenvalue weighted by Gasteiger charge is 2.18. The van der Waals surface area contributed by atoms with E-state index < -0.39 is 0 Å². The topological polar surface area (TPSA) is 88.7 Å². The Morgan fingerprint density at radius 3 is 2.54 bits per heavy atom. The summed E-state index contributed by atoms with van der Waals surface area (Å²) in [6.07, 6.45) is 7.93. The third kappa shape index (κ3) is 8.96. The van der Waals surface area contributed by atoms with E-state index in [0.717, 1.165) is 31.6 Å². The predicted octanol–water partition coefficient (Wildman–Crippen LogP) is 5.07. The van der Waals surface area contributed by atoms with Gasteiger partial charge in [-0.1, -0.05) is 44.7 Å². The minimum atomic E-state index is -0.339. The average Bonchev–Trinajstić information content (AvgIpc) is 3.39. The molecule has 1 aliphatic rings. The molecule has 0 bridgehead atoms. The maximum Gasteiger partial charge on any atom is 0.257 e. The molecule has 0 aliphatic carbocycles. The lowest BCUT2D eigenvalue weighted by Crippen LogP contribution is -2.35. The normalized spacial score (nSPS) is 14.8. The number of nitrogens with one attached hydrogen (secondary N) is 3. The van der Waals surface area contributed by atoms with Crippen LogP contribution in [0.3, 0.4) is 0 Å². The summed E-state index contributed by atoms with van der Waals surface area (Å²) in [7, 11) is 0. The molecular weight excluding hydrogens is 462 g/mol. The minimum absolute atomic E-state index is 0.0574. The fraction of sp³-hybridized carbons (Fsp3) is 0.444. The Morgan fingerprint density at radius 2 is 1.80 bits per heavy atom. The molecule has 3 rings (SSSR count). The zero-order valence-corrected chi connectivity index (χ0v) is 21.1. The van der Waals surface area contributed by atoms with Crippen LogP contribution in [0.25, 0.3) is 0 Å². The quantitative estimate of drug-likeness (QED) is 0.280. The van der Waals surface area contributed by atoms with E-state index in [1.165, 1.54) is 25.7 Å². The van der Waals surface area contributed by atoms with Crippen LogP contribution >= 0.6 is 12.2 Å². The van der Waals surface area contributed by atoms with E-state index in [2.05, 4.69) is 22.9 Å². The number of carbonyl (C=O) groups excluding carboxylic acids is 2. The number of para-hydroxylation sites is 1. The van der Waals surface area contributed by atoms with Crippen LogP contribution in [0.4, 0.5) is 5.69 Å². The first-order chi connectivity index (χ1) is 17.1. The summed E-state index contributed by atoms with van der Waals surface area (Å²) in [5, 5.41) is 8.65. The summed E-state index contributed by atoms with van der Waals surface area (Å²) in [6, 6.07) is 14.0. The molecule has 0 spiro atoms. The molecule has 1 fully saturated rings. The van der Waals surface area contributed by atoms with Crippen molar-refractivity contribution in [2.75, 3.05) is 25.1 Å². The highest BCUT2D eigenvalue weighted by atomic mass is 32.1. The number of unbranched alkanes of at least 4 members (excludes halogenated alkanes) is 4. The molecule has 1 atom stereocenters. The molecule has 0 saturated carbocycles. The summed E-state index contributed by atoms with van der Waals surface area (Å²) >= 11 is 5.32. The number of benzene rings is 2. The van der Waals surface area contributed by atoms with Crippen molar-refractivity contribution in [3.8, 4) is 5.75 Å². The Balaban J connectivity index is 1.46. The van der Waals surface area contributed by atoms with E-state index in [0.29, 0.717) is 30.0 Å². The number of ether oxygens (including phenoxy) is 2. The van der Waals surface area contributed by atoms with Gasteiger partial charge >= 0.3 is 0 Å². The molecule has 1 saturated heterocycles. The van der Waals surface area contributed by atoms with Gasteiger partial charge in [0.2, 0.25) is 0 Å². The smallest absolute Gasteiger partial charge is 0.257 e. The van der Waals surface area contributed by atoms with Gasteiger partial charge in [-0.2, -0.15) is 0 Å². The molecule has 35 heavy (non-hydrogen) atoms. The van der Waals surface area contributed by atoms with E-state index in [1.54, 1.807) is 48.5 Å². The second kappa shape index (κ2) is 14.4. The molecule has 7 nitrogen and oxygen atoms in total. The molecule has 1 unspecified atom stereocenters. The summed E-state index contributed by atoms with van der Waals surface area (Å²) in [4.78, 5) is 25.3. The van der Waals surface area contributed by atoms with Gasteiger partial charge in [-0.3, -0.25) is 14.9 Å². The van der Waals surface area contributed by atoms with Gasteiger partial charge in [0.15, 0.2) is 5.11 Å². The predicted molar refractivity (Wildman–Crippen MR) is 142 cm³/mol. The van der Waals surface area contributed by atoms with Crippen molar-refractivity contribution in [2.45, 2.75) is 58.0 Å². The van der Waals surface area contributed by atoms with Crippen LogP contribution in [0.5, 0.6) is 5.75 Å². The van der Waals surface area contributed by atoms with Gasteiger partial charge in [-0.05, 0) is 67.9 Å². The van der Waals surface area contributed by atoms with Crippen molar-refractivity contribution in [1.82, 2.24) is 10.6 Å². The van der Waals surface area contributed by atoms with Crippen LogP contribution in [0, 0.1) is 0 Å². The first-order valence-corrected chi connectivity index (χ1v) is 12.8. The third-order valence-electron chi connectivity index (χ3n) is 5.79. The molecule has 2 aromatic carbocycles. The molecule has 1 aliphatic heterocycles. The van der Waals surface area contributed by atoms with Gasteiger partial charge in [-0.15, -0.1) is 0 Å². The van der Waals surface area contributed by atoms with Crippen LogP contribution in [0.15, 0.2) is 48.5 Å². The molecule has 2 aromatic rings. The Hall–Kier alpha value is -2.97. The molecule has 3 N–H and O–H groups in total. The zero-order chi connectivity index (χ0) is 24.9. The van der Waals surface area contributed by atoms with Crippen molar-refractivity contribution in [2.24, 2.45) is 0 Å². The summed E-state index contributed by atoms with van der Waals surface area (Å²) in [5.74, 6) is 0.174. The standard InChI is InChI=1S/C27H35N3O4S/c1-2-3-4-5-8-17-33-21-15-13-20(14-16-21)25(31)30-27(35)29-24-12-7-6-11-23(24)26(32)28-19-22-10-9-18-34-22/h6-7,11-16,22H,2-5,8-10,17-19H2,1H3,(H,28,32)(H2,29,30,31,35). The lowest BCUT2D eigenvalue weighted by Gasteiger charge is -2.15. The number of anilines is 1. The van der Waals surface area contributed by atoms with Crippen molar-refractivity contribution >= 4 is 34.8 Å². The highest BCUT2D eigenvalue weighted by Crippen LogP contribution is 2.17. The summed E-state index contributed by atoms with van der Waals surface area (Å²) in [5.41, 5.74) is 1.43. The summed E-state index contributed by atoms with van der Waals surface area (Å²) in [6.45, 7) is 4.07. The molecule has 0 aromatic heterocycles. The average molecular weight is 498 g/mol. The third-order valence-corrected chi connectivity index (χ3v) is 6.00. The van der Waals surface area contributed by atoms with Gasteiger partial charge in [0.05, 0.1) is 24.0 Å². The van der Waals surface area contributed by atoms with Crippen LogP contribution in [-0.2, 0) is 4.74 Å². The molecule has 2 amide bonds. The number of amides is 2. The maximum atomic E-state index is 12.7. The number of hydrogen-bond acceptors (Lipinski definition) is 5. The number of hydrogen-bond donors (Lipinski definition) is 3. The van der Waals surface area contributed by atoms with E-state index >= 15 is 0 Å². The van der Waals surface area contributed by atoms with Gasteiger partial charge in [-0.25, -0.2) is 0 Å². The lowest BCUT2D eigenvalue weighted by molar-refractivity contribution is 0.0858. The van der Waals surface area contributed by atoms with Gasteiger partial charge in [0.25, 0.3) is 11.8 Å². The second-order valence-corrected chi connectivity index (χ2v) is 8.99. The number of thiocarbonyl (C=S) groups is 1. The molecule has 8 heteroatoms. The van der Waals surface area contributed by atoms with Gasteiger partial charge in [0, 0.05) is 18.7 Å². The number of carbonyl (C=O) groups is 2. The van der Waals surface area contributed by atoms with Crippen LogP contribution in [0.1, 0.15) is 72.6 Å². The van der Waals surface area contributed by atoms with E-state index in [1.807, 2.05) is 0 Å².